The van der Waals surface area contributed by atoms with Crippen LogP contribution in [0.15, 0.2) is 4.52 Å². The molecular formula is C9H15N3O3. The molecule has 6 nitrogen and oxygen atoms in total. The van der Waals surface area contributed by atoms with E-state index in [1.165, 1.54) is 0 Å². The summed E-state index contributed by atoms with van der Waals surface area (Å²) in [7, 11) is 0. The number of rotatable bonds is 5. The molecule has 84 valence electrons. The van der Waals surface area contributed by atoms with Crippen LogP contribution in [-0.4, -0.2) is 38.7 Å². The number of hydrogen-bond acceptors (Lipinski definition) is 5. The van der Waals surface area contributed by atoms with Gasteiger partial charge in [-0.15, -0.1) is 0 Å². The number of aryl methyl sites for hydroxylation is 1. The van der Waals surface area contributed by atoms with Gasteiger partial charge in [-0.2, -0.15) is 4.98 Å². The summed E-state index contributed by atoms with van der Waals surface area (Å²) in [6.07, 6.45) is 0. The van der Waals surface area contributed by atoms with Crippen LogP contribution in [0.4, 0.5) is 0 Å². The number of carbonyl (C=O) groups is 1. The summed E-state index contributed by atoms with van der Waals surface area (Å²) in [4.78, 5) is 16.4. The summed E-state index contributed by atoms with van der Waals surface area (Å²) in [5.74, 6) is 0.145. The first-order valence-electron chi connectivity index (χ1n) is 4.74. The molecule has 0 fully saturated rings. The highest BCUT2D eigenvalue weighted by Crippen LogP contribution is 2.05. The predicted octanol–water partition coefficient (Wildman–Crippen LogP) is 0.673. The van der Waals surface area contributed by atoms with E-state index in [1.54, 1.807) is 11.8 Å². The summed E-state index contributed by atoms with van der Waals surface area (Å²) in [6.45, 7) is 5.91. The van der Waals surface area contributed by atoms with E-state index in [2.05, 4.69) is 10.1 Å². The van der Waals surface area contributed by atoms with Crippen LogP contribution in [0.5, 0.6) is 0 Å². The average molecular weight is 213 g/mol. The SMILES string of the molecule is Cc1noc(CN(CC(=O)O)C(C)C)n1. The van der Waals surface area contributed by atoms with Crippen molar-refractivity contribution in [3.63, 3.8) is 0 Å². The molecule has 0 aromatic carbocycles. The maximum absolute atomic E-state index is 10.6. The zero-order valence-corrected chi connectivity index (χ0v) is 9.10. The third-order valence-electron chi connectivity index (χ3n) is 1.98. The molecule has 0 radical (unpaired) electrons. The molecule has 0 unspecified atom stereocenters. The van der Waals surface area contributed by atoms with Crippen LogP contribution in [0.25, 0.3) is 0 Å². The average Bonchev–Trinajstić information content (AvgIpc) is 2.49. The van der Waals surface area contributed by atoms with Crippen LogP contribution >= 0.6 is 0 Å². The van der Waals surface area contributed by atoms with Crippen molar-refractivity contribution in [3.05, 3.63) is 11.7 Å². The van der Waals surface area contributed by atoms with Crippen molar-refractivity contribution >= 4 is 5.97 Å². The minimum absolute atomic E-state index is 0.0287. The van der Waals surface area contributed by atoms with E-state index in [-0.39, 0.29) is 12.6 Å². The van der Waals surface area contributed by atoms with E-state index in [4.69, 9.17) is 9.63 Å². The number of aliphatic carboxylic acids is 1. The fourth-order valence-electron chi connectivity index (χ4n) is 1.17. The molecule has 0 aliphatic rings. The Balaban J connectivity index is 2.62. The van der Waals surface area contributed by atoms with Crippen LogP contribution in [0.2, 0.25) is 0 Å². The minimum Gasteiger partial charge on any atom is -0.480 e. The molecule has 0 atom stereocenters. The van der Waals surface area contributed by atoms with Gasteiger partial charge in [0, 0.05) is 6.04 Å². The highest BCUT2D eigenvalue weighted by Gasteiger charge is 2.16. The second-order valence-corrected chi connectivity index (χ2v) is 3.63. The topological polar surface area (TPSA) is 79.5 Å². The molecule has 1 aromatic heterocycles. The van der Waals surface area contributed by atoms with Crippen molar-refractivity contribution in [2.45, 2.75) is 33.4 Å². The predicted molar refractivity (Wildman–Crippen MR) is 52.2 cm³/mol. The van der Waals surface area contributed by atoms with Crippen LogP contribution in [0.1, 0.15) is 25.6 Å². The van der Waals surface area contributed by atoms with Gasteiger partial charge in [0.25, 0.3) is 0 Å². The number of carboxylic acids is 1. The number of hydrogen-bond donors (Lipinski definition) is 1. The smallest absolute Gasteiger partial charge is 0.317 e. The normalized spacial score (nSPS) is 11.3. The largest absolute Gasteiger partial charge is 0.480 e. The van der Waals surface area contributed by atoms with Gasteiger partial charge in [-0.25, -0.2) is 0 Å². The van der Waals surface area contributed by atoms with Crippen molar-refractivity contribution in [2.75, 3.05) is 6.54 Å². The Morgan fingerprint density at radius 1 is 1.60 bits per heavy atom. The molecule has 0 spiro atoms. The lowest BCUT2D eigenvalue weighted by atomic mass is 10.3. The second kappa shape index (κ2) is 4.88. The molecule has 1 N–H and O–H groups in total. The zero-order chi connectivity index (χ0) is 11.4. The lowest BCUT2D eigenvalue weighted by Crippen LogP contribution is -2.35. The summed E-state index contributed by atoms with van der Waals surface area (Å²) >= 11 is 0. The Labute approximate surface area is 87.9 Å². The van der Waals surface area contributed by atoms with Gasteiger partial charge in [-0.3, -0.25) is 9.69 Å². The van der Waals surface area contributed by atoms with Gasteiger partial charge in [0.2, 0.25) is 5.89 Å². The first-order valence-corrected chi connectivity index (χ1v) is 4.74. The monoisotopic (exact) mass is 213 g/mol. The van der Waals surface area contributed by atoms with E-state index >= 15 is 0 Å². The van der Waals surface area contributed by atoms with Crippen molar-refractivity contribution in [2.24, 2.45) is 0 Å². The summed E-state index contributed by atoms with van der Waals surface area (Å²) in [5.41, 5.74) is 0. The molecule has 0 aliphatic carbocycles. The van der Waals surface area contributed by atoms with Gasteiger partial charge in [-0.1, -0.05) is 5.16 Å². The van der Waals surface area contributed by atoms with E-state index in [0.29, 0.717) is 18.3 Å². The summed E-state index contributed by atoms with van der Waals surface area (Å²) in [6, 6.07) is 0.119. The molecule has 0 aliphatic heterocycles. The van der Waals surface area contributed by atoms with Gasteiger partial charge in [-0.05, 0) is 20.8 Å². The van der Waals surface area contributed by atoms with Crippen LogP contribution in [0, 0.1) is 6.92 Å². The number of carboxylic acid groups (broad SMARTS) is 1. The molecule has 0 bridgehead atoms. The summed E-state index contributed by atoms with van der Waals surface area (Å²) in [5, 5.41) is 12.4. The highest BCUT2D eigenvalue weighted by atomic mass is 16.5. The Morgan fingerprint density at radius 2 is 2.27 bits per heavy atom. The molecule has 1 rings (SSSR count). The van der Waals surface area contributed by atoms with Gasteiger partial charge < -0.3 is 9.63 Å². The molecule has 6 heteroatoms. The molecular weight excluding hydrogens is 198 g/mol. The second-order valence-electron chi connectivity index (χ2n) is 3.63. The molecule has 1 heterocycles. The molecule has 0 saturated heterocycles. The fraction of sp³-hybridized carbons (Fsp3) is 0.667. The first-order chi connectivity index (χ1) is 6.99. The Hall–Kier alpha value is -1.43. The molecule has 0 amide bonds. The third-order valence-corrected chi connectivity index (χ3v) is 1.98. The minimum atomic E-state index is -0.861. The molecule has 15 heavy (non-hydrogen) atoms. The van der Waals surface area contributed by atoms with Crippen molar-refractivity contribution < 1.29 is 14.4 Å². The van der Waals surface area contributed by atoms with Crippen LogP contribution in [0.3, 0.4) is 0 Å². The van der Waals surface area contributed by atoms with E-state index in [9.17, 15) is 4.79 Å². The number of aromatic nitrogens is 2. The quantitative estimate of drug-likeness (QED) is 0.774. The van der Waals surface area contributed by atoms with E-state index in [1.807, 2.05) is 13.8 Å². The van der Waals surface area contributed by atoms with Gasteiger partial charge in [0.15, 0.2) is 5.82 Å². The third kappa shape index (κ3) is 3.67. The van der Waals surface area contributed by atoms with Crippen LogP contribution in [-0.2, 0) is 11.3 Å². The lowest BCUT2D eigenvalue weighted by Gasteiger charge is -2.22. The lowest BCUT2D eigenvalue weighted by molar-refractivity contribution is -0.139. The van der Waals surface area contributed by atoms with Gasteiger partial charge in [0.1, 0.15) is 0 Å². The van der Waals surface area contributed by atoms with Crippen molar-refractivity contribution in [1.29, 1.82) is 0 Å². The highest BCUT2D eigenvalue weighted by molar-refractivity contribution is 5.69. The maximum Gasteiger partial charge on any atom is 0.317 e. The summed E-state index contributed by atoms with van der Waals surface area (Å²) < 4.78 is 4.93. The zero-order valence-electron chi connectivity index (χ0n) is 9.10. The van der Waals surface area contributed by atoms with E-state index < -0.39 is 5.97 Å². The Morgan fingerprint density at radius 3 is 2.67 bits per heavy atom. The standard InChI is InChI=1S/C9H15N3O3/c1-6(2)12(5-9(13)14)4-8-10-7(3)11-15-8/h6H,4-5H2,1-3H3,(H,13,14). The van der Waals surface area contributed by atoms with Crippen molar-refractivity contribution in [3.8, 4) is 0 Å². The Kier molecular flexibility index (Phi) is 3.79. The maximum atomic E-state index is 10.6. The number of nitrogens with zero attached hydrogens (tertiary/aromatic N) is 3. The van der Waals surface area contributed by atoms with Crippen LogP contribution < -0.4 is 0 Å². The molecule has 1 aromatic rings. The fourth-order valence-corrected chi connectivity index (χ4v) is 1.17. The van der Waals surface area contributed by atoms with Gasteiger partial charge >= 0.3 is 5.97 Å². The van der Waals surface area contributed by atoms with Crippen molar-refractivity contribution in [1.82, 2.24) is 15.0 Å². The Bertz CT molecular complexity index is 335. The molecule has 0 saturated carbocycles. The van der Waals surface area contributed by atoms with E-state index in [0.717, 1.165) is 0 Å². The van der Waals surface area contributed by atoms with Gasteiger partial charge in [0.05, 0.1) is 13.1 Å². The first kappa shape index (κ1) is 11.6.